The van der Waals surface area contributed by atoms with E-state index in [1.54, 1.807) is 29.4 Å². The summed E-state index contributed by atoms with van der Waals surface area (Å²) in [5, 5.41) is 0. The highest BCUT2D eigenvalue weighted by atomic mass is 16.2. The maximum absolute atomic E-state index is 12.5. The van der Waals surface area contributed by atoms with Gasteiger partial charge in [-0.2, -0.15) is 0 Å². The second kappa shape index (κ2) is 7.19. The lowest BCUT2D eigenvalue weighted by molar-refractivity contribution is -0.118. The van der Waals surface area contributed by atoms with E-state index < -0.39 is 5.91 Å². The van der Waals surface area contributed by atoms with E-state index in [1.165, 1.54) is 0 Å². The van der Waals surface area contributed by atoms with Crippen LogP contribution in [0, 0.1) is 0 Å². The lowest BCUT2D eigenvalue weighted by Crippen LogP contribution is -2.33. The molecule has 0 saturated carbocycles. The summed E-state index contributed by atoms with van der Waals surface area (Å²) in [5.41, 5.74) is 6.74. The Bertz CT molecular complexity index is 599. The second-order valence-corrected chi connectivity index (χ2v) is 4.66. The first-order valence-electron chi connectivity index (χ1n) is 6.68. The summed E-state index contributed by atoms with van der Waals surface area (Å²) in [6, 6.07) is 12.9. The number of hydrogen-bond acceptors (Lipinski definition) is 3. The van der Waals surface area contributed by atoms with Gasteiger partial charge >= 0.3 is 0 Å². The number of carbonyl (C=O) groups excluding carboxylic acids is 2. The molecule has 1 aromatic carbocycles. The Balaban J connectivity index is 2.15. The molecule has 0 spiro atoms. The number of hydrogen-bond donors (Lipinski definition) is 1. The molecular weight excluding hydrogens is 266 g/mol. The van der Waals surface area contributed by atoms with Gasteiger partial charge in [0.05, 0.1) is 0 Å². The van der Waals surface area contributed by atoms with E-state index in [0.29, 0.717) is 18.7 Å². The quantitative estimate of drug-likeness (QED) is 0.874. The Labute approximate surface area is 123 Å². The number of benzene rings is 1. The predicted octanol–water partition coefficient (Wildman–Crippen LogP) is 1.60. The van der Waals surface area contributed by atoms with Gasteiger partial charge in [-0.1, -0.05) is 30.3 Å². The molecule has 21 heavy (non-hydrogen) atoms. The van der Waals surface area contributed by atoms with E-state index in [-0.39, 0.29) is 12.3 Å². The Morgan fingerprint density at radius 1 is 1.05 bits per heavy atom. The molecule has 1 aromatic heterocycles. The van der Waals surface area contributed by atoms with Crippen LogP contribution < -0.4 is 5.73 Å². The summed E-state index contributed by atoms with van der Waals surface area (Å²) in [7, 11) is 0. The van der Waals surface area contributed by atoms with Gasteiger partial charge in [-0.3, -0.25) is 14.6 Å². The van der Waals surface area contributed by atoms with Crippen molar-refractivity contribution >= 4 is 11.8 Å². The van der Waals surface area contributed by atoms with E-state index >= 15 is 0 Å². The van der Waals surface area contributed by atoms with Crippen LogP contribution in [0.15, 0.2) is 54.9 Å². The van der Waals surface area contributed by atoms with Crippen molar-refractivity contribution in [2.24, 2.45) is 5.73 Å². The summed E-state index contributed by atoms with van der Waals surface area (Å²) >= 11 is 0. The first-order valence-corrected chi connectivity index (χ1v) is 6.68. The number of aromatic nitrogens is 1. The number of pyridine rings is 1. The average Bonchev–Trinajstić information content (AvgIpc) is 2.52. The molecule has 0 aliphatic heterocycles. The maximum atomic E-state index is 12.5. The van der Waals surface area contributed by atoms with Crippen molar-refractivity contribution in [3.05, 3.63) is 66.0 Å². The lowest BCUT2D eigenvalue weighted by Gasteiger charge is -2.22. The van der Waals surface area contributed by atoms with E-state index in [4.69, 9.17) is 5.73 Å². The van der Waals surface area contributed by atoms with Gasteiger partial charge in [0.15, 0.2) is 0 Å². The van der Waals surface area contributed by atoms with E-state index in [1.807, 2.05) is 30.3 Å². The van der Waals surface area contributed by atoms with Gasteiger partial charge in [0, 0.05) is 37.5 Å². The second-order valence-electron chi connectivity index (χ2n) is 4.66. The normalized spacial score (nSPS) is 10.1. The molecule has 2 amide bonds. The molecule has 0 saturated heterocycles. The minimum atomic E-state index is -0.421. The first-order chi connectivity index (χ1) is 10.2. The molecule has 2 rings (SSSR count). The molecule has 0 atom stereocenters. The monoisotopic (exact) mass is 283 g/mol. The lowest BCUT2D eigenvalue weighted by atomic mass is 10.1. The highest BCUT2D eigenvalue weighted by Gasteiger charge is 2.16. The predicted molar refractivity (Wildman–Crippen MR) is 79.2 cm³/mol. The summed E-state index contributed by atoms with van der Waals surface area (Å²) in [4.78, 5) is 29.0. The van der Waals surface area contributed by atoms with Crippen LogP contribution in [0.4, 0.5) is 0 Å². The fourth-order valence-corrected chi connectivity index (χ4v) is 1.98. The minimum Gasteiger partial charge on any atom is -0.370 e. The maximum Gasteiger partial charge on any atom is 0.254 e. The number of amides is 2. The number of nitrogens with zero attached hydrogens (tertiary/aromatic N) is 2. The molecule has 0 radical (unpaired) electrons. The van der Waals surface area contributed by atoms with Crippen molar-refractivity contribution in [1.82, 2.24) is 9.88 Å². The molecule has 5 heteroatoms. The van der Waals surface area contributed by atoms with Gasteiger partial charge in [0.2, 0.25) is 5.91 Å². The third kappa shape index (κ3) is 4.42. The molecule has 1 heterocycles. The van der Waals surface area contributed by atoms with Crippen LogP contribution in [0.2, 0.25) is 0 Å². The zero-order valence-electron chi connectivity index (χ0n) is 11.6. The fourth-order valence-electron chi connectivity index (χ4n) is 1.98. The number of nitrogens with two attached hydrogens (primary N) is 1. The van der Waals surface area contributed by atoms with E-state index in [9.17, 15) is 9.59 Å². The van der Waals surface area contributed by atoms with Gasteiger partial charge in [-0.25, -0.2) is 0 Å². The fraction of sp³-hybridized carbons (Fsp3) is 0.188. The van der Waals surface area contributed by atoms with Crippen LogP contribution in [0.3, 0.4) is 0 Å². The number of carbonyl (C=O) groups is 2. The van der Waals surface area contributed by atoms with Crippen LogP contribution in [-0.2, 0) is 11.3 Å². The zero-order chi connectivity index (χ0) is 15.1. The SMILES string of the molecule is NC(=O)CCN(Cc1ccccc1)C(=O)c1ccncc1. The van der Waals surface area contributed by atoms with Gasteiger partial charge in [-0.15, -0.1) is 0 Å². The standard InChI is InChI=1S/C16H17N3O2/c17-15(20)8-11-19(12-13-4-2-1-3-5-13)16(21)14-6-9-18-10-7-14/h1-7,9-10H,8,11-12H2,(H2,17,20). The van der Waals surface area contributed by atoms with Crippen LogP contribution in [0.1, 0.15) is 22.3 Å². The van der Waals surface area contributed by atoms with Gasteiger partial charge in [-0.05, 0) is 17.7 Å². The van der Waals surface area contributed by atoms with Crippen molar-refractivity contribution in [1.29, 1.82) is 0 Å². The molecule has 0 aliphatic rings. The Kier molecular flexibility index (Phi) is 5.04. The molecule has 0 unspecified atom stereocenters. The van der Waals surface area contributed by atoms with Gasteiger partial charge in [0.1, 0.15) is 0 Å². The Morgan fingerprint density at radius 2 is 1.71 bits per heavy atom. The molecule has 5 nitrogen and oxygen atoms in total. The van der Waals surface area contributed by atoms with E-state index in [2.05, 4.69) is 4.98 Å². The van der Waals surface area contributed by atoms with Crippen LogP contribution in [-0.4, -0.2) is 28.2 Å². The summed E-state index contributed by atoms with van der Waals surface area (Å²) in [6.45, 7) is 0.737. The summed E-state index contributed by atoms with van der Waals surface area (Å²) in [5.74, 6) is -0.557. The Hall–Kier alpha value is -2.69. The van der Waals surface area contributed by atoms with Crippen molar-refractivity contribution < 1.29 is 9.59 Å². The summed E-state index contributed by atoms with van der Waals surface area (Å²) < 4.78 is 0. The third-order valence-electron chi connectivity index (χ3n) is 3.06. The Morgan fingerprint density at radius 3 is 2.33 bits per heavy atom. The molecule has 0 bridgehead atoms. The molecule has 2 N–H and O–H groups in total. The van der Waals surface area contributed by atoms with Crippen LogP contribution in [0.5, 0.6) is 0 Å². The zero-order valence-corrected chi connectivity index (χ0v) is 11.6. The van der Waals surface area contributed by atoms with Gasteiger partial charge in [0.25, 0.3) is 5.91 Å². The molecule has 2 aromatic rings. The number of rotatable bonds is 6. The topological polar surface area (TPSA) is 76.3 Å². The van der Waals surface area contributed by atoms with Crippen LogP contribution in [0.25, 0.3) is 0 Å². The molecule has 108 valence electrons. The first kappa shape index (κ1) is 14.7. The largest absolute Gasteiger partial charge is 0.370 e. The number of primary amides is 1. The van der Waals surface area contributed by atoms with Crippen molar-refractivity contribution in [3.8, 4) is 0 Å². The van der Waals surface area contributed by atoms with Crippen molar-refractivity contribution in [2.75, 3.05) is 6.54 Å². The highest BCUT2D eigenvalue weighted by molar-refractivity contribution is 5.94. The highest BCUT2D eigenvalue weighted by Crippen LogP contribution is 2.10. The van der Waals surface area contributed by atoms with Crippen LogP contribution >= 0.6 is 0 Å². The average molecular weight is 283 g/mol. The van der Waals surface area contributed by atoms with E-state index in [0.717, 1.165) is 5.56 Å². The summed E-state index contributed by atoms with van der Waals surface area (Å²) in [6.07, 6.45) is 3.29. The van der Waals surface area contributed by atoms with Crippen molar-refractivity contribution in [2.45, 2.75) is 13.0 Å². The van der Waals surface area contributed by atoms with Crippen molar-refractivity contribution in [3.63, 3.8) is 0 Å². The van der Waals surface area contributed by atoms with Gasteiger partial charge < -0.3 is 10.6 Å². The molecular formula is C16H17N3O2. The minimum absolute atomic E-state index is 0.137. The molecule has 0 aliphatic carbocycles. The smallest absolute Gasteiger partial charge is 0.254 e. The third-order valence-corrected chi connectivity index (χ3v) is 3.06. The molecule has 0 fully saturated rings.